The summed E-state index contributed by atoms with van der Waals surface area (Å²) in [4.78, 5) is 11.4. The van der Waals surface area contributed by atoms with Crippen LogP contribution in [0.3, 0.4) is 0 Å². The van der Waals surface area contributed by atoms with Gasteiger partial charge in [-0.25, -0.2) is 0 Å². The number of rotatable bonds is 2. The third kappa shape index (κ3) is 1.67. The average Bonchev–Trinajstić information content (AvgIpc) is 2.22. The van der Waals surface area contributed by atoms with E-state index in [1.54, 1.807) is 0 Å². The highest BCUT2D eigenvalue weighted by molar-refractivity contribution is 5.83. The zero-order valence-corrected chi connectivity index (χ0v) is 5.22. The molecule has 0 saturated carbocycles. The summed E-state index contributed by atoms with van der Waals surface area (Å²) in [6.07, 6.45) is -7.43. The zero-order chi connectivity index (χ0) is 13.7. The van der Waals surface area contributed by atoms with Crippen molar-refractivity contribution in [2.24, 2.45) is 5.89 Å². The molecule has 1 unspecified atom stereocenters. The van der Waals surface area contributed by atoms with Crippen molar-refractivity contribution < 1.29 is 19.5 Å². The van der Waals surface area contributed by atoms with E-state index in [2.05, 4.69) is 0 Å². The summed E-state index contributed by atoms with van der Waals surface area (Å²) in [5, 5.41) is 8.70. The van der Waals surface area contributed by atoms with Crippen molar-refractivity contribution in [2.45, 2.75) is 19.1 Å². The molecule has 1 rings (SSSR count). The van der Waals surface area contributed by atoms with E-state index >= 15 is 0 Å². The predicted octanol–water partition coefficient (Wildman–Crippen LogP) is 0.904. The second-order valence-electron chi connectivity index (χ2n) is 1.72. The molecule has 0 saturated heterocycles. The minimum atomic E-state index is -3.09. The van der Waals surface area contributed by atoms with Crippen LogP contribution in [0.15, 0.2) is 12.2 Å². The van der Waals surface area contributed by atoms with Crippen LogP contribution < -0.4 is 0 Å². The van der Waals surface area contributed by atoms with E-state index in [1.807, 2.05) is 0 Å². The lowest BCUT2D eigenvalue weighted by atomic mass is 9.92. The summed E-state index contributed by atoms with van der Waals surface area (Å²) < 4.78 is 52.5. The van der Waals surface area contributed by atoms with E-state index in [-0.39, 0.29) is 0 Å². The molecular formula is C8H12O2. The van der Waals surface area contributed by atoms with Gasteiger partial charge in [-0.2, -0.15) is 0 Å². The molecule has 0 fully saturated rings. The number of allylic oxidation sites excluding steroid dienone is 2. The lowest BCUT2D eigenvalue weighted by Crippen LogP contribution is -2.17. The quantitative estimate of drug-likeness (QED) is 0.589. The molecular weight excluding hydrogens is 128 g/mol. The molecule has 0 radical (unpaired) electrons. The number of hydrogen-bond acceptors (Lipinski definition) is 2. The number of aliphatic hydroxyl groups is 1. The van der Waals surface area contributed by atoms with E-state index in [9.17, 15) is 4.79 Å². The summed E-state index contributed by atoms with van der Waals surface area (Å²) in [6.45, 7) is -1.10. The second kappa shape index (κ2) is 3.52. The van der Waals surface area contributed by atoms with Gasteiger partial charge in [0.25, 0.3) is 0 Å². The van der Waals surface area contributed by atoms with Crippen LogP contribution in [0.5, 0.6) is 0 Å². The van der Waals surface area contributed by atoms with Gasteiger partial charge in [-0.15, -0.1) is 0 Å². The Morgan fingerprint density at radius 1 is 2.00 bits per heavy atom. The molecule has 2 heteroatoms. The first kappa shape index (κ1) is 2.45. The predicted molar refractivity (Wildman–Crippen MR) is 38.6 cm³/mol. The van der Waals surface area contributed by atoms with Crippen molar-refractivity contribution in [3.63, 3.8) is 0 Å². The van der Waals surface area contributed by atoms with Gasteiger partial charge in [0.05, 0.1) is 0 Å². The number of aliphatic hydroxyl groups excluding tert-OH is 1. The molecule has 1 aliphatic rings. The monoisotopic (exact) mass is 147 g/mol. The molecule has 0 bridgehead atoms. The Morgan fingerprint density at radius 3 is 3.50 bits per heavy atom. The summed E-state index contributed by atoms with van der Waals surface area (Å²) in [5.41, 5.74) is 0. The smallest absolute Gasteiger partial charge is 0.164 e. The number of ketones is 1. The van der Waals surface area contributed by atoms with Gasteiger partial charge in [-0.3, -0.25) is 4.79 Å². The summed E-state index contributed by atoms with van der Waals surface area (Å²) >= 11 is 0. The van der Waals surface area contributed by atoms with E-state index in [4.69, 9.17) is 14.7 Å². The van der Waals surface area contributed by atoms with E-state index in [1.165, 1.54) is 0 Å². The van der Waals surface area contributed by atoms with Gasteiger partial charge >= 0.3 is 0 Å². The van der Waals surface area contributed by atoms with Crippen LogP contribution in [-0.4, -0.2) is 17.5 Å². The SMILES string of the molecule is [2H]C1([2H])C=CC([2H])(C(=O)CO)C([2H])([2H])C1([2H])[2H]. The number of Topliss-reactive ketones (excluding diaryl/α,β-unsaturated/α-hetero) is 1. The molecule has 0 spiro atoms. The Bertz CT molecular complexity index is 376. The van der Waals surface area contributed by atoms with Crippen molar-refractivity contribution in [1.82, 2.24) is 0 Å². The van der Waals surface area contributed by atoms with Crippen molar-refractivity contribution in [1.29, 1.82) is 0 Å². The van der Waals surface area contributed by atoms with Crippen LogP contribution in [0.4, 0.5) is 0 Å². The number of carbonyl (C=O) groups excluding carboxylic acids is 1. The topological polar surface area (TPSA) is 37.3 Å². The van der Waals surface area contributed by atoms with Gasteiger partial charge < -0.3 is 5.11 Å². The molecule has 0 aliphatic heterocycles. The van der Waals surface area contributed by atoms with Crippen LogP contribution in [0.25, 0.3) is 0 Å². The first-order valence-corrected chi connectivity index (χ1v) is 2.78. The van der Waals surface area contributed by atoms with Crippen molar-refractivity contribution in [2.75, 3.05) is 6.61 Å². The Hall–Kier alpha value is -0.630. The molecule has 1 N–H and O–H groups in total. The van der Waals surface area contributed by atoms with Crippen molar-refractivity contribution >= 4 is 5.78 Å². The molecule has 1 aliphatic carbocycles. The molecule has 0 aromatic carbocycles. The van der Waals surface area contributed by atoms with E-state index in [0.29, 0.717) is 12.2 Å². The maximum atomic E-state index is 11.4. The largest absolute Gasteiger partial charge is 0.389 e. The molecule has 0 heterocycles. The Kier molecular flexibility index (Phi) is 0.861. The molecule has 0 aromatic heterocycles. The van der Waals surface area contributed by atoms with Crippen LogP contribution in [0, 0.1) is 5.89 Å². The van der Waals surface area contributed by atoms with Gasteiger partial charge in [0.2, 0.25) is 0 Å². The van der Waals surface area contributed by atoms with Crippen LogP contribution in [-0.2, 0) is 4.79 Å². The van der Waals surface area contributed by atoms with Crippen LogP contribution in [0.1, 0.15) is 28.7 Å². The normalized spacial score (nSPS) is 57.5. The van der Waals surface area contributed by atoms with Gasteiger partial charge in [0.15, 0.2) is 5.78 Å². The standard InChI is InChI=1S/C8H12O2/c9-6-8(10)7-4-2-1-3-5-7/h2,4,7,9H,1,3,5-6H2/i1D2,3D2,5D2,7D. The number of carbonyl (C=O) groups is 1. The molecule has 2 nitrogen and oxygen atoms in total. The van der Waals surface area contributed by atoms with Crippen LogP contribution in [0.2, 0.25) is 0 Å². The van der Waals surface area contributed by atoms with Gasteiger partial charge in [-0.1, -0.05) is 12.2 Å². The van der Waals surface area contributed by atoms with E-state index < -0.39 is 37.4 Å². The van der Waals surface area contributed by atoms with Crippen LogP contribution >= 0.6 is 0 Å². The van der Waals surface area contributed by atoms with E-state index in [0.717, 1.165) is 0 Å². The maximum absolute atomic E-state index is 11.4. The Balaban J connectivity index is 3.46. The Morgan fingerprint density at radius 2 is 2.80 bits per heavy atom. The number of hydrogen-bond donors (Lipinski definition) is 1. The lowest BCUT2D eigenvalue weighted by molar-refractivity contribution is -0.124. The second-order valence-corrected chi connectivity index (χ2v) is 1.72. The zero-order valence-electron chi connectivity index (χ0n) is 12.2. The first-order valence-electron chi connectivity index (χ1n) is 6.28. The summed E-state index contributed by atoms with van der Waals surface area (Å²) in [5.74, 6) is -3.84. The highest BCUT2D eigenvalue weighted by Crippen LogP contribution is 2.17. The van der Waals surface area contributed by atoms with Crippen molar-refractivity contribution in [3.8, 4) is 0 Å². The third-order valence-electron chi connectivity index (χ3n) is 1.05. The summed E-state index contributed by atoms with van der Waals surface area (Å²) in [7, 11) is 0. The Labute approximate surface area is 70.4 Å². The maximum Gasteiger partial charge on any atom is 0.164 e. The minimum absolute atomic E-state index is 0.662. The highest BCUT2D eigenvalue weighted by Gasteiger charge is 2.15. The van der Waals surface area contributed by atoms with Gasteiger partial charge in [0.1, 0.15) is 6.61 Å². The molecule has 1 atom stereocenters. The minimum Gasteiger partial charge on any atom is -0.389 e. The fraction of sp³-hybridized carbons (Fsp3) is 0.625. The molecule has 10 heavy (non-hydrogen) atoms. The third-order valence-corrected chi connectivity index (χ3v) is 1.05. The fourth-order valence-electron chi connectivity index (χ4n) is 0.560. The average molecular weight is 147 g/mol. The summed E-state index contributed by atoms with van der Waals surface area (Å²) in [6, 6.07) is 0. The van der Waals surface area contributed by atoms with Crippen molar-refractivity contribution in [3.05, 3.63) is 12.2 Å². The lowest BCUT2D eigenvalue weighted by Gasteiger charge is -2.12. The highest BCUT2D eigenvalue weighted by atomic mass is 16.3. The fourth-order valence-corrected chi connectivity index (χ4v) is 0.560. The van der Waals surface area contributed by atoms with Gasteiger partial charge in [-0.05, 0) is 19.1 Å². The van der Waals surface area contributed by atoms with Gasteiger partial charge in [0, 0.05) is 15.5 Å². The first-order chi connectivity index (χ1) is 7.44. The molecule has 56 valence electrons. The molecule has 0 amide bonds. The molecule has 0 aromatic rings.